The zero-order valence-electron chi connectivity index (χ0n) is 17.3. The molecule has 0 aliphatic carbocycles. The molecule has 164 valence electrons. The van der Waals surface area contributed by atoms with Gasteiger partial charge in [0.15, 0.2) is 0 Å². The first-order valence-electron chi connectivity index (χ1n) is 9.94. The molecule has 0 saturated heterocycles. The molecule has 0 rings (SSSR count). The van der Waals surface area contributed by atoms with Crippen molar-refractivity contribution in [2.75, 3.05) is 0 Å². The molecule has 8 nitrogen and oxygen atoms in total. The van der Waals surface area contributed by atoms with Gasteiger partial charge in [-0.05, 0) is 12.8 Å². The van der Waals surface area contributed by atoms with Crippen LogP contribution in [-0.4, -0.2) is 27.0 Å². The molecule has 1 N–H and O–H groups in total. The van der Waals surface area contributed by atoms with Crippen molar-refractivity contribution in [3.63, 3.8) is 0 Å². The number of carbonyl (C=O) groups is 1. The Morgan fingerprint density at radius 3 is 2.10 bits per heavy atom. The summed E-state index contributed by atoms with van der Waals surface area (Å²) in [7, 11) is 0. The standard InChI is InChI=1S/C22H30N2O6/c1-2-3-4-12-15-20(23(27)28)16-13-10-8-6-5-7-9-11-14-17-21(24(29)30)18-19-22(25)26/h5-11,14,17-20H,2-4,12-13,15-16H2,1H3,(H,25,26). The van der Waals surface area contributed by atoms with Gasteiger partial charge in [-0.3, -0.25) is 20.2 Å². The van der Waals surface area contributed by atoms with E-state index in [0.29, 0.717) is 25.3 Å². The van der Waals surface area contributed by atoms with Crippen LogP contribution in [-0.2, 0) is 4.79 Å². The van der Waals surface area contributed by atoms with Crippen molar-refractivity contribution < 1.29 is 19.7 Å². The molecule has 8 heteroatoms. The molecule has 0 amide bonds. The molecule has 1 unspecified atom stereocenters. The van der Waals surface area contributed by atoms with Crippen LogP contribution >= 0.6 is 0 Å². The molecule has 0 aliphatic rings. The van der Waals surface area contributed by atoms with Crippen LogP contribution in [0.25, 0.3) is 0 Å². The number of rotatable bonds is 16. The summed E-state index contributed by atoms with van der Waals surface area (Å²) >= 11 is 0. The van der Waals surface area contributed by atoms with E-state index < -0.39 is 16.9 Å². The second kappa shape index (κ2) is 17.8. The second-order valence-corrected chi connectivity index (χ2v) is 6.47. The van der Waals surface area contributed by atoms with Crippen molar-refractivity contribution in [3.8, 4) is 0 Å². The van der Waals surface area contributed by atoms with Crippen LogP contribution in [0.2, 0.25) is 0 Å². The highest BCUT2D eigenvalue weighted by Gasteiger charge is 2.17. The maximum Gasteiger partial charge on any atom is 0.328 e. The maximum atomic E-state index is 11.1. The third-order valence-corrected chi connectivity index (χ3v) is 4.03. The van der Waals surface area contributed by atoms with Gasteiger partial charge in [0.2, 0.25) is 6.04 Å². The van der Waals surface area contributed by atoms with E-state index in [2.05, 4.69) is 6.92 Å². The minimum Gasteiger partial charge on any atom is -0.478 e. The molecule has 0 heterocycles. The summed E-state index contributed by atoms with van der Waals surface area (Å²) < 4.78 is 0. The van der Waals surface area contributed by atoms with Gasteiger partial charge in [0.05, 0.1) is 4.92 Å². The summed E-state index contributed by atoms with van der Waals surface area (Å²) in [5.74, 6) is -1.26. The highest BCUT2D eigenvalue weighted by Crippen LogP contribution is 2.12. The number of carboxylic acids is 1. The van der Waals surface area contributed by atoms with Crippen LogP contribution in [0.5, 0.6) is 0 Å². The van der Waals surface area contributed by atoms with Gasteiger partial charge >= 0.3 is 5.97 Å². The Balaban J connectivity index is 4.32. The predicted molar refractivity (Wildman–Crippen MR) is 117 cm³/mol. The second-order valence-electron chi connectivity index (χ2n) is 6.47. The normalized spacial score (nSPS) is 14.0. The molecule has 0 aromatic rings. The molecule has 0 aliphatic heterocycles. The van der Waals surface area contributed by atoms with Gasteiger partial charge < -0.3 is 5.11 Å². The third-order valence-electron chi connectivity index (χ3n) is 4.03. The van der Waals surface area contributed by atoms with Gasteiger partial charge in [-0.1, -0.05) is 74.8 Å². The van der Waals surface area contributed by atoms with Gasteiger partial charge in [-0.2, -0.15) is 0 Å². The molecular formula is C22H30N2O6. The SMILES string of the molecule is CCCCCCC(CCC=CC=CC=CC=CC=C(C=CC(=O)O)[N+](=O)[O-])[N+](=O)[O-]. The lowest BCUT2D eigenvalue weighted by Crippen LogP contribution is -2.18. The maximum absolute atomic E-state index is 11.1. The number of allylic oxidation sites excluding steroid dienone is 10. The molecule has 1 atom stereocenters. The molecule has 0 aromatic carbocycles. The Bertz CT molecular complexity index is 717. The monoisotopic (exact) mass is 418 g/mol. The lowest BCUT2D eigenvalue weighted by molar-refractivity contribution is -0.524. The number of aliphatic carboxylic acids is 1. The molecule has 30 heavy (non-hydrogen) atoms. The summed E-state index contributed by atoms with van der Waals surface area (Å²) in [5.41, 5.74) is -0.334. The fraction of sp³-hybridized carbons (Fsp3) is 0.409. The van der Waals surface area contributed by atoms with E-state index in [1.165, 1.54) is 12.2 Å². The van der Waals surface area contributed by atoms with Crippen molar-refractivity contribution in [2.24, 2.45) is 0 Å². The first-order chi connectivity index (χ1) is 14.4. The topological polar surface area (TPSA) is 124 Å². The van der Waals surface area contributed by atoms with Crippen molar-refractivity contribution in [2.45, 2.75) is 57.9 Å². The summed E-state index contributed by atoms with van der Waals surface area (Å²) in [4.78, 5) is 31.4. The number of hydrogen-bond donors (Lipinski definition) is 1. The lowest BCUT2D eigenvalue weighted by atomic mass is 10.0. The molecule has 0 fully saturated rings. The van der Waals surface area contributed by atoms with E-state index in [1.807, 2.05) is 12.2 Å². The number of hydrogen-bond acceptors (Lipinski definition) is 5. The summed E-state index contributed by atoms with van der Waals surface area (Å²) in [6, 6.07) is -0.483. The van der Waals surface area contributed by atoms with E-state index in [9.17, 15) is 25.0 Å². The van der Waals surface area contributed by atoms with E-state index in [4.69, 9.17) is 5.11 Å². The Morgan fingerprint density at radius 2 is 1.53 bits per heavy atom. The molecule has 0 bridgehead atoms. The summed E-state index contributed by atoms with van der Waals surface area (Å²) in [6.45, 7) is 2.11. The fourth-order valence-electron chi connectivity index (χ4n) is 2.43. The zero-order chi connectivity index (χ0) is 22.6. The molecule has 0 spiro atoms. The average Bonchev–Trinajstić information content (AvgIpc) is 2.69. The minimum atomic E-state index is -1.26. The smallest absolute Gasteiger partial charge is 0.328 e. The summed E-state index contributed by atoms with van der Waals surface area (Å²) in [6.07, 6.45) is 22.5. The first-order valence-corrected chi connectivity index (χ1v) is 9.94. The first kappa shape index (κ1) is 26.7. The highest BCUT2D eigenvalue weighted by molar-refractivity contribution is 5.80. The van der Waals surface area contributed by atoms with Crippen LogP contribution in [0.4, 0.5) is 0 Å². The van der Waals surface area contributed by atoms with Gasteiger partial charge in [-0.15, -0.1) is 0 Å². The average molecular weight is 418 g/mol. The molecule has 0 saturated carbocycles. The van der Waals surface area contributed by atoms with Crippen molar-refractivity contribution in [1.82, 2.24) is 0 Å². The predicted octanol–water partition coefficient (Wildman–Crippen LogP) is 5.41. The zero-order valence-corrected chi connectivity index (χ0v) is 17.3. The van der Waals surface area contributed by atoms with Crippen molar-refractivity contribution in [3.05, 3.63) is 92.8 Å². The van der Waals surface area contributed by atoms with E-state index >= 15 is 0 Å². The van der Waals surface area contributed by atoms with Gasteiger partial charge in [-0.25, -0.2) is 4.79 Å². The van der Waals surface area contributed by atoms with Gasteiger partial charge in [0.25, 0.3) is 5.70 Å². The van der Waals surface area contributed by atoms with Gasteiger partial charge in [0, 0.05) is 36.0 Å². The highest BCUT2D eigenvalue weighted by atomic mass is 16.6. The van der Waals surface area contributed by atoms with E-state index in [0.717, 1.165) is 31.8 Å². The van der Waals surface area contributed by atoms with E-state index in [-0.39, 0.29) is 10.6 Å². The van der Waals surface area contributed by atoms with Crippen LogP contribution < -0.4 is 0 Å². The number of nitrogens with zero attached hydrogens (tertiary/aromatic N) is 2. The minimum absolute atomic E-state index is 0.180. The Labute approximate surface area is 177 Å². The Kier molecular flexibility index (Phi) is 15.8. The lowest BCUT2D eigenvalue weighted by Gasteiger charge is -2.07. The Morgan fingerprint density at radius 1 is 0.900 bits per heavy atom. The largest absolute Gasteiger partial charge is 0.478 e. The fourth-order valence-corrected chi connectivity index (χ4v) is 2.43. The molecular weight excluding hydrogens is 388 g/mol. The number of nitro groups is 2. The van der Waals surface area contributed by atoms with Crippen molar-refractivity contribution >= 4 is 5.97 Å². The third kappa shape index (κ3) is 15.7. The molecule has 0 radical (unpaired) electrons. The Hall–Kier alpha value is -3.29. The van der Waals surface area contributed by atoms with Crippen LogP contribution in [0.3, 0.4) is 0 Å². The van der Waals surface area contributed by atoms with Crippen LogP contribution in [0.1, 0.15) is 51.9 Å². The number of unbranched alkanes of at least 4 members (excludes halogenated alkanes) is 3. The van der Waals surface area contributed by atoms with Crippen LogP contribution in [0.15, 0.2) is 72.5 Å². The summed E-state index contributed by atoms with van der Waals surface area (Å²) in [5, 5.41) is 30.3. The quantitative estimate of drug-likeness (QED) is 0.117. The van der Waals surface area contributed by atoms with Gasteiger partial charge in [0.1, 0.15) is 0 Å². The van der Waals surface area contributed by atoms with Crippen LogP contribution in [0, 0.1) is 20.2 Å². The van der Waals surface area contributed by atoms with E-state index in [1.54, 1.807) is 30.4 Å². The van der Waals surface area contributed by atoms with Crippen molar-refractivity contribution in [1.29, 1.82) is 0 Å². The number of carboxylic acid groups (broad SMARTS) is 1. The molecule has 0 aromatic heterocycles.